The van der Waals surface area contributed by atoms with E-state index in [4.69, 9.17) is 16.6 Å². The van der Waals surface area contributed by atoms with Gasteiger partial charge in [-0.25, -0.2) is 0 Å². The zero-order valence-electron chi connectivity index (χ0n) is 6.59. The SMILES string of the molecule is NC(N)C1NCC(O)C(O)C1O. The second-order valence-corrected chi connectivity index (χ2v) is 3.06. The van der Waals surface area contributed by atoms with Crippen LogP contribution in [0.25, 0.3) is 0 Å². The molecule has 0 saturated carbocycles. The third kappa shape index (κ3) is 1.74. The molecule has 6 nitrogen and oxygen atoms in total. The minimum atomic E-state index is -1.18. The highest BCUT2D eigenvalue weighted by molar-refractivity contribution is 4.95. The zero-order chi connectivity index (χ0) is 9.30. The molecule has 0 aromatic carbocycles. The first kappa shape index (κ1) is 9.85. The van der Waals surface area contributed by atoms with Gasteiger partial charge in [0.1, 0.15) is 12.2 Å². The molecule has 1 saturated heterocycles. The van der Waals surface area contributed by atoms with Crippen LogP contribution in [0.5, 0.6) is 0 Å². The quantitative estimate of drug-likeness (QED) is 0.229. The Hall–Kier alpha value is -0.240. The first-order valence-corrected chi connectivity index (χ1v) is 3.83. The zero-order valence-corrected chi connectivity index (χ0v) is 6.59. The van der Waals surface area contributed by atoms with Crippen molar-refractivity contribution < 1.29 is 15.3 Å². The van der Waals surface area contributed by atoms with Gasteiger partial charge in [-0.05, 0) is 0 Å². The number of aliphatic hydroxyl groups is 3. The van der Waals surface area contributed by atoms with Gasteiger partial charge in [0.25, 0.3) is 0 Å². The van der Waals surface area contributed by atoms with Crippen molar-refractivity contribution >= 4 is 0 Å². The highest BCUT2D eigenvalue weighted by Crippen LogP contribution is 2.10. The van der Waals surface area contributed by atoms with Gasteiger partial charge in [-0.15, -0.1) is 0 Å². The highest BCUT2D eigenvalue weighted by Gasteiger charge is 2.37. The van der Waals surface area contributed by atoms with Crippen LogP contribution >= 0.6 is 0 Å². The van der Waals surface area contributed by atoms with Crippen molar-refractivity contribution in [1.29, 1.82) is 0 Å². The predicted molar refractivity (Wildman–Crippen MR) is 42.0 cm³/mol. The molecule has 4 atom stereocenters. The minimum Gasteiger partial charge on any atom is -0.389 e. The van der Waals surface area contributed by atoms with Crippen molar-refractivity contribution in [2.45, 2.75) is 30.5 Å². The number of β-amino-alcohol motifs (C(OH)–C–C–N with tert-alkyl or cyclic N) is 1. The molecule has 6 heteroatoms. The lowest BCUT2D eigenvalue weighted by Gasteiger charge is -2.37. The Morgan fingerprint density at radius 3 is 2.25 bits per heavy atom. The summed E-state index contributed by atoms with van der Waals surface area (Å²) in [5.41, 5.74) is 10.7. The molecule has 0 spiro atoms. The van der Waals surface area contributed by atoms with Gasteiger partial charge in [0.2, 0.25) is 0 Å². The monoisotopic (exact) mass is 177 g/mol. The summed E-state index contributed by atoms with van der Waals surface area (Å²) in [4.78, 5) is 0. The summed E-state index contributed by atoms with van der Waals surface area (Å²) in [5.74, 6) is 0. The summed E-state index contributed by atoms with van der Waals surface area (Å²) in [6, 6.07) is -0.566. The van der Waals surface area contributed by atoms with Crippen LogP contribution in [0, 0.1) is 0 Å². The van der Waals surface area contributed by atoms with Gasteiger partial charge >= 0.3 is 0 Å². The first-order valence-electron chi connectivity index (χ1n) is 3.83. The summed E-state index contributed by atoms with van der Waals surface area (Å²) in [5, 5.41) is 30.4. The van der Waals surface area contributed by atoms with Gasteiger partial charge in [-0.2, -0.15) is 0 Å². The van der Waals surface area contributed by atoms with Crippen LogP contribution in [0.3, 0.4) is 0 Å². The topological polar surface area (TPSA) is 125 Å². The fraction of sp³-hybridized carbons (Fsp3) is 1.00. The van der Waals surface area contributed by atoms with E-state index in [1.807, 2.05) is 0 Å². The van der Waals surface area contributed by atoms with E-state index in [9.17, 15) is 10.2 Å². The molecule has 0 aliphatic carbocycles. The molecule has 0 aromatic heterocycles. The van der Waals surface area contributed by atoms with E-state index >= 15 is 0 Å². The van der Waals surface area contributed by atoms with E-state index in [2.05, 4.69) is 5.32 Å². The number of piperidine rings is 1. The van der Waals surface area contributed by atoms with Gasteiger partial charge < -0.3 is 32.1 Å². The van der Waals surface area contributed by atoms with E-state index < -0.39 is 30.5 Å². The van der Waals surface area contributed by atoms with Crippen LogP contribution < -0.4 is 16.8 Å². The van der Waals surface area contributed by atoms with E-state index in [1.54, 1.807) is 0 Å². The van der Waals surface area contributed by atoms with E-state index in [0.29, 0.717) is 0 Å². The molecular weight excluding hydrogens is 162 g/mol. The third-order valence-corrected chi connectivity index (χ3v) is 2.09. The van der Waals surface area contributed by atoms with E-state index in [0.717, 1.165) is 0 Å². The lowest BCUT2D eigenvalue weighted by atomic mass is 9.94. The van der Waals surface area contributed by atoms with E-state index in [1.165, 1.54) is 0 Å². The predicted octanol–water partition coefficient (Wildman–Crippen LogP) is -3.72. The van der Waals surface area contributed by atoms with Crippen molar-refractivity contribution in [1.82, 2.24) is 5.32 Å². The van der Waals surface area contributed by atoms with Crippen molar-refractivity contribution in [2.24, 2.45) is 11.5 Å². The van der Waals surface area contributed by atoms with Crippen LogP contribution in [0.2, 0.25) is 0 Å². The van der Waals surface area contributed by atoms with E-state index in [-0.39, 0.29) is 6.54 Å². The number of hydrogen-bond donors (Lipinski definition) is 6. The average molecular weight is 177 g/mol. The Bertz CT molecular complexity index is 155. The van der Waals surface area contributed by atoms with Crippen LogP contribution in [-0.4, -0.2) is 52.4 Å². The molecule has 8 N–H and O–H groups in total. The summed E-state index contributed by atoms with van der Waals surface area (Å²) in [6.45, 7) is 0.188. The number of aliphatic hydroxyl groups excluding tert-OH is 3. The molecule has 0 amide bonds. The molecule has 1 heterocycles. The maximum atomic E-state index is 9.35. The van der Waals surface area contributed by atoms with Crippen LogP contribution in [0.1, 0.15) is 0 Å². The van der Waals surface area contributed by atoms with Crippen molar-refractivity contribution in [2.75, 3.05) is 6.54 Å². The Balaban J connectivity index is 2.58. The lowest BCUT2D eigenvalue weighted by Crippen LogP contribution is -2.67. The number of nitrogens with one attached hydrogen (secondary N) is 1. The van der Waals surface area contributed by atoms with Crippen LogP contribution in [0.15, 0.2) is 0 Å². The molecule has 12 heavy (non-hydrogen) atoms. The maximum Gasteiger partial charge on any atom is 0.109 e. The Labute approximate surface area is 70.2 Å². The third-order valence-electron chi connectivity index (χ3n) is 2.09. The summed E-state index contributed by atoms with van der Waals surface area (Å²) >= 11 is 0. The van der Waals surface area contributed by atoms with Gasteiger partial charge in [-0.1, -0.05) is 0 Å². The summed E-state index contributed by atoms with van der Waals surface area (Å²) in [6.07, 6.45) is -4.00. The Morgan fingerprint density at radius 1 is 1.17 bits per heavy atom. The second-order valence-electron chi connectivity index (χ2n) is 3.06. The van der Waals surface area contributed by atoms with Crippen molar-refractivity contribution in [3.63, 3.8) is 0 Å². The Morgan fingerprint density at radius 2 is 1.75 bits per heavy atom. The lowest BCUT2D eigenvalue weighted by molar-refractivity contribution is -0.0971. The second kappa shape index (κ2) is 3.65. The van der Waals surface area contributed by atoms with Gasteiger partial charge in [0.05, 0.1) is 18.3 Å². The van der Waals surface area contributed by atoms with Crippen LogP contribution in [0.4, 0.5) is 0 Å². The number of hydrogen-bond acceptors (Lipinski definition) is 6. The molecule has 0 aromatic rings. The van der Waals surface area contributed by atoms with Crippen molar-refractivity contribution in [3.8, 4) is 0 Å². The maximum absolute atomic E-state index is 9.35. The standard InChI is InChI=1S/C6H15N3O3/c7-6(8)3-5(12)4(11)2(10)1-9-3/h2-6,9-12H,1,7-8H2. The fourth-order valence-electron chi connectivity index (χ4n) is 1.30. The molecule has 1 fully saturated rings. The molecule has 4 unspecified atom stereocenters. The number of nitrogens with two attached hydrogens (primary N) is 2. The average Bonchev–Trinajstić information content (AvgIpc) is 2.00. The van der Waals surface area contributed by atoms with Crippen molar-refractivity contribution in [3.05, 3.63) is 0 Å². The molecule has 0 bridgehead atoms. The highest BCUT2D eigenvalue weighted by atomic mass is 16.4. The first-order chi connectivity index (χ1) is 5.54. The molecule has 1 rings (SSSR count). The Kier molecular flexibility index (Phi) is 2.99. The van der Waals surface area contributed by atoms with Gasteiger partial charge in [0, 0.05) is 6.54 Å². The minimum absolute atomic E-state index is 0.188. The molecular formula is C6H15N3O3. The smallest absolute Gasteiger partial charge is 0.109 e. The largest absolute Gasteiger partial charge is 0.389 e. The molecule has 72 valence electrons. The molecule has 1 aliphatic rings. The number of rotatable bonds is 1. The van der Waals surface area contributed by atoms with Crippen LogP contribution in [-0.2, 0) is 0 Å². The molecule has 1 aliphatic heterocycles. The molecule has 0 radical (unpaired) electrons. The summed E-state index contributed by atoms with van der Waals surface area (Å²) < 4.78 is 0. The van der Waals surface area contributed by atoms with Gasteiger partial charge in [0.15, 0.2) is 0 Å². The van der Waals surface area contributed by atoms with Gasteiger partial charge in [-0.3, -0.25) is 0 Å². The fourth-order valence-corrected chi connectivity index (χ4v) is 1.30. The summed E-state index contributed by atoms with van der Waals surface area (Å²) in [7, 11) is 0. The normalized spacial score (nSPS) is 43.5.